The maximum atomic E-state index is 12.3. The van der Waals surface area contributed by atoms with Crippen molar-refractivity contribution in [3.05, 3.63) is 0 Å². The first-order chi connectivity index (χ1) is 11.4. The summed E-state index contributed by atoms with van der Waals surface area (Å²) in [5, 5.41) is 2.85. The van der Waals surface area contributed by atoms with E-state index in [4.69, 9.17) is 14.2 Å². The zero-order valence-corrected chi connectivity index (χ0v) is 16.3. The highest BCUT2D eigenvalue weighted by atomic mass is 16.6. The Morgan fingerprint density at radius 1 is 1.20 bits per heavy atom. The van der Waals surface area contributed by atoms with Crippen LogP contribution in [0.15, 0.2) is 0 Å². The topological polar surface area (TPSA) is 90.9 Å². The average Bonchev–Trinajstić information content (AvgIpc) is 2.88. The van der Waals surface area contributed by atoms with E-state index in [-0.39, 0.29) is 24.3 Å². The molecule has 0 bridgehead atoms. The molecule has 25 heavy (non-hydrogen) atoms. The van der Waals surface area contributed by atoms with Gasteiger partial charge < -0.3 is 19.5 Å². The number of esters is 2. The van der Waals surface area contributed by atoms with E-state index in [0.717, 1.165) is 0 Å². The predicted octanol–water partition coefficient (Wildman–Crippen LogP) is 1.83. The lowest BCUT2D eigenvalue weighted by molar-refractivity contribution is -0.168. The summed E-state index contributed by atoms with van der Waals surface area (Å²) in [6.07, 6.45) is -0.674. The van der Waals surface area contributed by atoms with Gasteiger partial charge in [-0.15, -0.1) is 0 Å². The van der Waals surface area contributed by atoms with Crippen LogP contribution in [0.5, 0.6) is 0 Å². The minimum Gasteiger partial charge on any atom is -0.469 e. The number of rotatable bonds is 6. The van der Waals surface area contributed by atoms with Crippen LogP contribution in [-0.4, -0.2) is 48.8 Å². The molecule has 1 rings (SSSR count). The van der Waals surface area contributed by atoms with Crippen LogP contribution < -0.4 is 5.32 Å². The third kappa shape index (κ3) is 6.65. The van der Waals surface area contributed by atoms with Gasteiger partial charge in [-0.05, 0) is 33.1 Å². The molecule has 7 heteroatoms. The highest BCUT2D eigenvalue weighted by molar-refractivity contribution is 5.80. The van der Waals surface area contributed by atoms with Crippen molar-refractivity contribution in [2.45, 2.75) is 78.2 Å². The van der Waals surface area contributed by atoms with Crippen LogP contribution in [0.3, 0.4) is 0 Å². The van der Waals surface area contributed by atoms with Gasteiger partial charge in [-0.1, -0.05) is 13.8 Å². The molecule has 1 saturated heterocycles. The number of hydrogen-bond acceptors (Lipinski definition) is 6. The van der Waals surface area contributed by atoms with Crippen LogP contribution in [0.25, 0.3) is 0 Å². The van der Waals surface area contributed by atoms with Crippen LogP contribution in [0, 0.1) is 11.8 Å². The maximum Gasteiger partial charge on any atom is 0.335 e. The molecule has 0 aromatic rings. The van der Waals surface area contributed by atoms with Crippen molar-refractivity contribution >= 4 is 17.8 Å². The fourth-order valence-corrected chi connectivity index (χ4v) is 3.03. The van der Waals surface area contributed by atoms with Gasteiger partial charge in [-0.2, -0.15) is 0 Å². The third-order valence-corrected chi connectivity index (χ3v) is 3.87. The van der Waals surface area contributed by atoms with Crippen LogP contribution >= 0.6 is 0 Å². The predicted molar refractivity (Wildman–Crippen MR) is 91.7 cm³/mol. The quantitative estimate of drug-likeness (QED) is 0.729. The van der Waals surface area contributed by atoms with Gasteiger partial charge in [0.25, 0.3) is 0 Å². The average molecular weight is 357 g/mol. The van der Waals surface area contributed by atoms with E-state index in [1.165, 1.54) is 14.0 Å². The van der Waals surface area contributed by atoms with Gasteiger partial charge in [-0.3, -0.25) is 9.59 Å². The van der Waals surface area contributed by atoms with Gasteiger partial charge in [-0.25, -0.2) is 4.79 Å². The first-order valence-corrected chi connectivity index (χ1v) is 8.67. The minimum atomic E-state index is -0.850. The fourth-order valence-electron chi connectivity index (χ4n) is 3.03. The number of hydrogen-bond donors (Lipinski definition) is 1. The lowest BCUT2D eigenvalue weighted by Gasteiger charge is -2.29. The number of nitrogens with one attached hydrogen (secondary N) is 1. The lowest BCUT2D eigenvalue weighted by Crippen LogP contribution is -2.47. The number of amides is 1. The normalized spacial score (nSPS) is 24.7. The van der Waals surface area contributed by atoms with Crippen molar-refractivity contribution < 1.29 is 28.6 Å². The van der Waals surface area contributed by atoms with Crippen LogP contribution in [0.1, 0.15) is 54.4 Å². The summed E-state index contributed by atoms with van der Waals surface area (Å²) < 4.78 is 16.1. The van der Waals surface area contributed by atoms with E-state index in [9.17, 15) is 14.4 Å². The maximum absolute atomic E-state index is 12.3. The van der Waals surface area contributed by atoms with Crippen molar-refractivity contribution in [3.63, 3.8) is 0 Å². The van der Waals surface area contributed by atoms with Crippen molar-refractivity contribution in [3.8, 4) is 0 Å². The molecule has 1 amide bonds. The molecule has 1 fully saturated rings. The second-order valence-corrected chi connectivity index (χ2v) is 7.92. The Balaban J connectivity index is 3.00. The Kier molecular flexibility index (Phi) is 7.41. The van der Waals surface area contributed by atoms with Crippen molar-refractivity contribution in [1.82, 2.24) is 5.32 Å². The zero-order chi connectivity index (χ0) is 19.4. The molecule has 1 heterocycles. The number of carbonyl (C=O) groups excluding carboxylic acids is 3. The Labute approximate surface area is 149 Å². The molecule has 0 unspecified atom stereocenters. The summed E-state index contributed by atoms with van der Waals surface area (Å²) in [5.74, 6) is -1.51. The van der Waals surface area contributed by atoms with Gasteiger partial charge in [0, 0.05) is 13.3 Å². The molecule has 1 aliphatic rings. The second-order valence-electron chi connectivity index (χ2n) is 7.92. The molecule has 1 aliphatic heterocycles. The van der Waals surface area contributed by atoms with E-state index in [0.29, 0.717) is 6.42 Å². The van der Waals surface area contributed by atoms with Gasteiger partial charge >= 0.3 is 11.9 Å². The highest BCUT2D eigenvalue weighted by Crippen LogP contribution is 2.33. The third-order valence-electron chi connectivity index (χ3n) is 3.87. The number of methoxy groups -OCH3 is 1. The van der Waals surface area contributed by atoms with Crippen LogP contribution in [-0.2, 0) is 28.6 Å². The van der Waals surface area contributed by atoms with E-state index in [2.05, 4.69) is 5.32 Å². The summed E-state index contributed by atoms with van der Waals surface area (Å²) in [4.78, 5) is 36.1. The molecule has 0 aliphatic carbocycles. The molecular formula is C18H31NO6. The smallest absolute Gasteiger partial charge is 0.335 e. The first-order valence-electron chi connectivity index (χ1n) is 8.67. The van der Waals surface area contributed by atoms with E-state index < -0.39 is 35.7 Å². The Morgan fingerprint density at radius 2 is 1.80 bits per heavy atom. The SMILES string of the molecule is COC(=O)[C@@H]1C[C@H](C(=O)OC(C)(C)C)O[C@H]1[C@H](CC(C)C)NC(C)=O. The molecule has 7 nitrogen and oxygen atoms in total. The molecule has 0 radical (unpaired) electrons. The summed E-state index contributed by atoms with van der Waals surface area (Å²) in [7, 11) is 1.30. The van der Waals surface area contributed by atoms with Crippen molar-refractivity contribution in [2.75, 3.05) is 7.11 Å². The Hall–Kier alpha value is -1.63. The van der Waals surface area contributed by atoms with Gasteiger partial charge in [0.15, 0.2) is 6.10 Å². The molecule has 1 N–H and O–H groups in total. The zero-order valence-electron chi connectivity index (χ0n) is 16.3. The summed E-state index contributed by atoms with van der Waals surface area (Å²) in [5.41, 5.74) is -0.645. The molecule has 0 saturated carbocycles. The monoisotopic (exact) mass is 357 g/mol. The molecule has 0 aromatic heterocycles. The highest BCUT2D eigenvalue weighted by Gasteiger charge is 2.48. The molecule has 0 spiro atoms. The minimum absolute atomic E-state index is 0.181. The largest absolute Gasteiger partial charge is 0.469 e. The van der Waals surface area contributed by atoms with Gasteiger partial charge in [0.05, 0.1) is 25.2 Å². The van der Waals surface area contributed by atoms with E-state index in [1.54, 1.807) is 20.8 Å². The summed E-state index contributed by atoms with van der Waals surface area (Å²) in [6.45, 7) is 10.8. The first kappa shape index (κ1) is 21.4. The van der Waals surface area contributed by atoms with Crippen LogP contribution in [0.4, 0.5) is 0 Å². The second kappa shape index (κ2) is 8.65. The van der Waals surface area contributed by atoms with Crippen molar-refractivity contribution in [1.29, 1.82) is 0 Å². The van der Waals surface area contributed by atoms with Crippen molar-refractivity contribution in [2.24, 2.45) is 11.8 Å². The molecule has 4 atom stereocenters. The summed E-state index contributed by atoms with van der Waals surface area (Å²) in [6, 6.07) is -0.381. The number of carbonyl (C=O) groups is 3. The van der Waals surface area contributed by atoms with E-state index in [1.807, 2.05) is 13.8 Å². The van der Waals surface area contributed by atoms with Gasteiger partial charge in [0.1, 0.15) is 5.60 Å². The Bertz CT molecular complexity index is 496. The van der Waals surface area contributed by atoms with Crippen LogP contribution in [0.2, 0.25) is 0 Å². The lowest BCUT2D eigenvalue weighted by atomic mass is 9.89. The number of ether oxygens (including phenoxy) is 3. The molecular weight excluding hydrogens is 326 g/mol. The molecule has 144 valence electrons. The standard InChI is InChI=1S/C18H31NO6/c1-10(2)8-13(19-11(3)20)15-12(16(21)23-7)9-14(24-15)17(22)25-18(4,5)6/h10,12-15H,8-9H2,1-7H3,(H,19,20)/t12-,13+,14-,15-/m1/s1. The summed E-state index contributed by atoms with van der Waals surface area (Å²) >= 11 is 0. The fraction of sp³-hybridized carbons (Fsp3) is 0.833. The Morgan fingerprint density at radius 3 is 2.24 bits per heavy atom. The molecule has 0 aromatic carbocycles. The van der Waals surface area contributed by atoms with E-state index >= 15 is 0 Å². The van der Waals surface area contributed by atoms with Gasteiger partial charge in [0.2, 0.25) is 5.91 Å².